The van der Waals surface area contributed by atoms with Gasteiger partial charge in [0.2, 0.25) is 23.5 Å². The largest absolute Gasteiger partial charge is 0.453 e. The van der Waals surface area contributed by atoms with Crippen molar-refractivity contribution in [2.45, 2.75) is 65.1 Å². The summed E-state index contributed by atoms with van der Waals surface area (Å²) < 4.78 is 23.8. The third-order valence-electron chi connectivity index (χ3n) is 6.97. The lowest BCUT2D eigenvalue weighted by atomic mass is 9.84. The Morgan fingerprint density at radius 1 is 0.977 bits per heavy atom. The van der Waals surface area contributed by atoms with Gasteiger partial charge < -0.3 is 24.7 Å². The number of Topliss-reactive ketones (excluding diaryl/α,β-unsaturated/α-hetero) is 1. The summed E-state index contributed by atoms with van der Waals surface area (Å²) in [5, 5.41) is 13.2. The zero-order chi connectivity index (χ0) is 31.9. The fourth-order valence-corrected chi connectivity index (χ4v) is 4.38. The Morgan fingerprint density at radius 2 is 1.60 bits per heavy atom. The van der Waals surface area contributed by atoms with E-state index in [0.717, 1.165) is 5.56 Å². The molecule has 2 N–H and O–H groups in total. The fourth-order valence-electron chi connectivity index (χ4n) is 4.38. The summed E-state index contributed by atoms with van der Waals surface area (Å²) in [5.74, 6) is -2.62. The molecule has 230 valence electrons. The number of nitrogens with one attached hydrogen (secondary N) is 2. The molecule has 0 saturated carbocycles. The fraction of sp³-hybridized carbons (Fsp3) is 0.419. The third kappa shape index (κ3) is 8.24. The molecule has 0 spiro atoms. The molecule has 1 heterocycles. The predicted octanol–water partition coefficient (Wildman–Crippen LogP) is 4.02. The Labute approximate surface area is 250 Å². The highest BCUT2D eigenvalue weighted by Crippen LogP contribution is 2.31. The van der Waals surface area contributed by atoms with E-state index in [4.69, 9.17) is 4.42 Å². The van der Waals surface area contributed by atoms with Gasteiger partial charge in [0.1, 0.15) is 11.4 Å². The average molecular weight is 596 g/mol. The number of nitrogens with zero attached hydrogens (tertiary/aromatic N) is 3. The number of benzene rings is 2. The minimum atomic E-state index is -1.40. The van der Waals surface area contributed by atoms with Gasteiger partial charge in [-0.05, 0) is 56.9 Å². The van der Waals surface area contributed by atoms with Crippen LogP contribution in [0.25, 0.3) is 0 Å². The topological polar surface area (TPSA) is 144 Å². The number of amides is 3. The Hall–Kier alpha value is -4.61. The summed E-state index contributed by atoms with van der Waals surface area (Å²) in [6.45, 7) is 9.79. The molecule has 3 aromatic rings. The van der Waals surface area contributed by atoms with Crippen molar-refractivity contribution >= 4 is 23.7 Å². The quantitative estimate of drug-likeness (QED) is 0.299. The van der Waals surface area contributed by atoms with Gasteiger partial charge in [-0.1, -0.05) is 56.3 Å². The van der Waals surface area contributed by atoms with E-state index in [-0.39, 0.29) is 30.1 Å². The van der Waals surface area contributed by atoms with Gasteiger partial charge in [-0.15, -0.1) is 10.2 Å². The summed E-state index contributed by atoms with van der Waals surface area (Å²) >= 11 is 0. The van der Waals surface area contributed by atoms with Crippen molar-refractivity contribution in [3.8, 4) is 0 Å². The molecule has 11 nitrogen and oxygen atoms in total. The number of methoxy groups -OCH3 is 1. The number of ketones is 1. The molecule has 3 rings (SSSR count). The number of aromatic nitrogens is 2. The van der Waals surface area contributed by atoms with Gasteiger partial charge in [0.15, 0.2) is 0 Å². The molecule has 0 aliphatic rings. The molecule has 0 unspecified atom stereocenters. The highest BCUT2D eigenvalue weighted by Gasteiger charge is 2.37. The molecule has 2 aromatic carbocycles. The Morgan fingerprint density at radius 3 is 2.19 bits per heavy atom. The van der Waals surface area contributed by atoms with Crippen molar-refractivity contribution in [2.24, 2.45) is 5.92 Å². The van der Waals surface area contributed by atoms with Crippen LogP contribution in [-0.4, -0.2) is 64.0 Å². The van der Waals surface area contributed by atoms with Gasteiger partial charge in [-0.25, -0.2) is 9.18 Å². The highest BCUT2D eigenvalue weighted by molar-refractivity contribution is 5.99. The summed E-state index contributed by atoms with van der Waals surface area (Å²) in [7, 11) is 1.18. The smallest absolute Gasteiger partial charge is 0.407 e. The number of alkyl carbamates (subject to hydrolysis) is 1. The van der Waals surface area contributed by atoms with E-state index in [9.17, 15) is 23.6 Å². The average Bonchev–Trinajstić information content (AvgIpc) is 3.47. The summed E-state index contributed by atoms with van der Waals surface area (Å²) in [5.41, 5.74) is -0.749. The van der Waals surface area contributed by atoms with Gasteiger partial charge in [-0.2, -0.15) is 0 Å². The molecule has 0 fully saturated rings. The third-order valence-corrected chi connectivity index (χ3v) is 6.97. The molecule has 12 heteroatoms. The molecular formula is C31H38FN5O6. The Balaban J connectivity index is 1.80. The normalized spacial score (nSPS) is 12.4. The Bertz CT molecular complexity index is 1440. The number of rotatable bonds is 12. The molecule has 0 bridgehead atoms. The number of halogens is 1. The minimum Gasteiger partial charge on any atom is -0.453 e. The lowest BCUT2D eigenvalue weighted by Crippen LogP contribution is -2.57. The lowest BCUT2D eigenvalue weighted by Gasteiger charge is -2.32. The van der Waals surface area contributed by atoms with E-state index in [2.05, 4.69) is 25.6 Å². The minimum absolute atomic E-state index is 0.0746. The van der Waals surface area contributed by atoms with E-state index in [1.807, 2.05) is 6.07 Å². The number of hydrogen-bond acceptors (Lipinski definition) is 8. The maximum atomic E-state index is 13.5. The molecular weight excluding hydrogens is 557 g/mol. The monoisotopic (exact) mass is 595 g/mol. The van der Waals surface area contributed by atoms with E-state index >= 15 is 0 Å². The molecule has 1 aromatic heterocycles. The van der Waals surface area contributed by atoms with Crippen LogP contribution in [0.3, 0.4) is 0 Å². The van der Waals surface area contributed by atoms with Crippen LogP contribution in [-0.2, 0) is 26.3 Å². The van der Waals surface area contributed by atoms with Crippen molar-refractivity contribution in [1.29, 1.82) is 0 Å². The van der Waals surface area contributed by atoms with Crippen LogP contribution < -0.4 is 10.6 Å². The van der Waals surface area contributed by atoms with Crippen molar-refractivity contribution < 1.29 is 32.7 Å². The van der Waals surface area contributed by atoms with Gasteiger partial charge in [0, 0.05) is 6.54 Å². The number of carbonyl (C=O) groups is 4. The highest BCUT2D eigenvalue weighted by atomic mass is 19.1. The van der Waals surface area contributed by atoms with Gasteiger partial charge in [-0.3, -0.25) is 14.4 Å². The van der Waals surface area contributed by atoms with Crippen molar-refractivity contribution in [3.05, 3.63) is 83.3 Å². The summed E-state index contributed by atoms with van der Waals surface area (Å²) in [6.07, 6.45) is -0.797. The van der Waals surface area contributed by atoms with Crippen LogP contribution in [0, 0.1) is 11.7 Å². The Kier molecular flexibility index (Phi) is 10.4. The molecule has 0 radical (unpaired) electrons. The van der Waals surface area contributed by atoms with E-state index in [1.54, 1.807) is 64.1 Å². The molecule has 0 aliphatic carbocycles. The van der Waals surface area contributed by atoms with Crippen LogP contribution in [0.4, 0.5) is 9.18 Å². The van der Waals surface area contributed by atoms with Crippen molar-refractivity contribution in [3.63, 3.8) is 0 Å². The second-order valence-electron chi connectivity index (χ2n) is 11.6. The van der Waals surface area contributed by atoms with Crippen molar-refractivity contribution in [1.82, 2.24) is 25.7 Å². The first-order valence-corrected chi connectivity index (χ1v) is 13.8. The first kappa shape index (κ1) is 32.9. The second-order valence-corrected chi connectivity index (χ2v) is 11.6. The van der Waals surface area contributed by atoms with Crippen LogP contribution in [0.1, 0.15) is 69.2 Å². The van der Waals surface area contributed by atoms with Gasteiger partial charge in [0.05, 0.1) is 25.1 Å². The van der Waals surface area contributed by atoms with Gasteiger partial charge >= 0.3 is 6.09 Å². The molecule has 0 aliphatic heterocycles. The zero-order valence-corrected chi connectivity index (χ0v) is 25.4. The molecule has 3 amide bonds. The molecule has 43 heavy (non-hydrogen) atoms. The lowest BCUT2D eigenvalue weighted by molar-refractivity contribution is -0.141. The zero-order valence-electron chi connectivity index (χ0n) is 25.4. The van der Waals surface area contributed by atoms with Crippen LogP contribution in [0.15, 0.2) is 59.0 Å². The van der Waals surface area contributed by atoms with Crippen LogP contribution in [0.5, 0.6) is 0 Å². The van der Waals surface area contributed by atoms with Crippen molar-refractivity contribution in [2.75, 3.05) is 13.7 Å². The van der Waals surface area contributed by atoms with Crippen LogP contribution >= 0.6 is 0 Å². The van der Waals surface area contributed by atoms with Crippen LogP contribution in [0.2, 0.25) is 0 Å². The maximum absolute atomic E-state index is 13.5. The first-order chi connectivity index (χ1) is 20.1. The second kappa shape index (κ2) is 13.6. The first-order valence-electron chi connectivity index (χ1n) is 13.8. The SMILES string of the molecule is COC(=O)NC(C)(C)C(=O)N(CC(=O)N[C@H](C(=O)c1nnc(C(C)(C)c2ccc(F)cc2)o1)C(C)C)Cc1ccccc1. The number of carbonyl (C=O) groups excluding carboxylic acids is 4. The molecule has 0 saturated heterocycles. The summed E-state index contributed by atoms with van der Waals surface area (Å²) in [6, 6.07) is 13.9. The maximum Gasteiger partial charge on any atom is 0.407 e. The number of hydrogen-bond donors (Lipinski definition) is 2. The number of ether oxygens (including phenoxy) is 1. The van der Waals surface area contributed by atoms with E-state index in [1.165, 1.54) is 38.0 Å². The molecule has 1 atom stereocenters. The van der Waals surface area contributed by atoms with E-state index in [0.29, 0.717) is 5.56 Å². The predicted molar refractivity (Wildman–Crippen MR) is 155 cm³/mol. The standard InChI is InChI=1S/C31H38FN5O6/c1-19(2)24(25(39)26-35-36-27(43-26)30(3,4)21-13-15-22(32)16-14-21)33-23(38)18-37(17-20-11-9-8-10-12-20)28(40)31(5,6)34-29(41)42-7/h8-16,19,24H,17-18H2,1-7H3,(H,33,38)(H,34,41)/t24-/m0/s1. The van der Waals surface area contributed by atoms with E-state index < -0.39 is 47.2 Å². The van der Waals surface area contributed by atoms with Gasteiger partial charge in [0.25, 0.3) is 5.89 Å². The summed E-state index contributed by atoms with van der Waals surface area (Å²) in [4.78, 5) is 53.5.